The number of hydrogen-bond acceptors (Lipinski definition) is 4. The summed E-state index contributed by atoms with van der Waals surface area (Å²) in [5.41, 5.74) is 2.74. The monoisotopic (exact) mass is 420 g/mol. The van der Waals surface area contributed by atoms with E-state index >= 15 is 0 Å². The van der Waals surface area contributed by atoms with Crippen LogP contribution in [0.3, 0.4) is 0 Å². The number of aryl methyl sites for hydroxylation is 2. The SMILES string of the molecule is CCCCOC(=O)CCCCCCCCC(=O)OCCCC.Cc1ccccc1C. The molecule has 0 N–H and O–H groups in total. The first-order valence-electron chi connectivity index (χ1n) is 11.8. The van der Waals surface area contributed by atoms with E-state index in [1.807, 2.05) is 0 Å². The van der Waals surface area contributed by atoms with Crippen LogP contribution in [0.15, 0.2) is 24.3 Å². The van der Waals surface area contributed by atoms with Crippen LogP contribution in [0.2, 0.25) is 0 Å². The van der Waals surface area contributed by atoms with Crippen molar-refractivity contribution in [1.29, 1.82) is 0 Å². The van der Waals surface area contributed by atoms with E-state index in [2.05, 4.69) is 52.0 Å². The average molecular weight is 421 g/mol. The lowest BCUT2D eigenvalue weighted by Gasteiger charge is -2.05. The third kappa shape index (κ3) is 18.2. The number of rotatable bonds is 15. The summed E-state index contributed by atoms with van der Waals surface area (Å²) < 4.78 is 10.2. The minimum Gasteiger partial charge on any atom is -0.466 e. The lowest BCUT2D eigenvalue weighted by atomic mass is 10.1. The van der Waals surface area contributed by atoms with E-state index in [1.54, 1.807) is 0 Å². The molecule has 1 aromatic rings. The number of ether oxygens (including phenoxy) is 2. The number of unbranched alkanes of at least 4 members (excludes halogenated alkanes) is 7. The third-order valence-corrected chi connectivity index (χ3v) is 4.96. The molecule has 0 saturated carbocycles. The van der Waals surface area contributed by atoms with Crippen LogP contribution in [-0.4, -0.2) is 25.2 Å². The van der Waals surface area contributed by atoms with Gasteiger partial charge in [0.05, 0.1) is 13.2 Å². The van der Waals surface area contributed by atoms with Crippen LogP contribution in [0.4, 0.5) is 0 Å². The Labute approximate surface area is 184 Å². The predicted molar refractivity (Wildman–Crippen MR) is 125 cm³/mol. The Bertz CT molecular complexity index is 505. The van der Waals surface area contributed by atoms with Gasteiger partial charge in [0, 0.05) is 12.8 Å². The Morgan fingerprint density at radius 3 is 1.33 bits per heavy atom. The molecule has 0 fully saturated rings. The highest BCUT2D eigenvalue weighted by atomic mass is 16.5. The van der Waals surface area contributed by atoms with Crippen molar-refractivity contribution in [3.05, 3.63) is 35.4 Å². The minimum atomic E-state index is -0.0664. The van der Waals surface area contributed by atoms with Gasteiger partial charge in [-0.05, 0) is 50.7 Å². The number of esters is 2. The summed E-state index contributed by atoms with van der Waals surface area (Å²) in [7, 11) is 0. The molecular weight excluding hydrogens is 376 g/mol. The molecule has 1 rings (SSSR count). The van der Waals surface area contributed by atoms with Crippen molar-refractivity contribution >= 4 is 11.9 Å². The van der Waals surface area contributed by atoms with Crippen molar-refractivity contribution in [2.45, 2.75) is 105 Å². The van der Waals surface area contributed by atoms with Crippen LogP contribution in [-0.2, 0) is 19.1 Å². The molecule has 0 radical (unpaired) electrons. The van der Waals surface area contributed by atoms with Crippen molar-refractivity contribution in [2.75, 3.05) is 13.2 Å². The second-order valence-electron chi connectivity index (χ2n) is 7.85. The fraction of sp³-hybridized carbons (Fsp3) is 0.692. The molecule has 0 aliphatic carbocycles. The van der Waals surface area contributed by atoms with E-state index in [-0.39, 0.29) is 11.9 Å². The Kier molecular flexibility index (Phi) is 19.2. The fourth-order valence-corrected chi connectivity index (χ4v) is 2.71. The maximum Gasteiger partial charge on any atom is 0.305 e. The number of benzene rings is 1. The molecule has 172 valence electrons. The van der Waals surface area contributed by atoms with Gasteiger partial charge in [-0.1, -0.05) is 76.6 Å². The molecule has 0 aliphatic rings. The Morgan fingerprint density at radius 1 is 0.633 bits per heavy atom. The number of carbonyl (C=O) groups is 2. The highest BCUT2D eigenvalue weighted by Gasteiger charge is 2.03. The molecule has 0 amide bonds. The van der Waals surface area contributed by atoms with Crippen LogP contribution < -0.4 is 0 Å². The Hall–Kier alpha value is -1.84. The van der Waals surface area contributed by atoms with Crippen molar-refractivity contribution in [1.82, 2.24) is 0 Å². The molecule has 0 atom stereocenters. The molecule has 0 unspecified atom stereocenters. The van der Waals surface area contributed by atoms with Gasteiger partial charge < -0.3 is 9.47 Å². The van der Waals surface area contributed by atoms with Crippen LogP contribution in [0, 0.1) is 13.8 Å². The van der Waals surface area contributed by atoms with Crippen LogP contribution in [0.5, 0.6) is 0 Å². The smallest absolute Gasteiger partial charge is 0.305 e. The van der Waals surface area contributed by atoms with E-state index in [4.69, 9.17) is 9.47 Å². The summed E-state index contributed by atoms with van der Waals surface area (Å²) in [6.07, 6.45) is 11.3. The van der Waals surface area contributed by atoms with Gasteiger partial charge in [0.15, 0.2) is 0 Å². The first-order valence-corrected chi connectivity index (χ1v) is 11.8. The molecular formula is C26H44O4. The zero-order chi connectivity index (χ0) is 22.5. The average Bonchev–Trinajstić information content (AvgIpc) is 2.73. The van der Waals surface area contributed by atoms with Gasteiger partial charge in [0.2, 0.25) is 0 Å². The lowest BCUT2D eigenvalue weighted by Crippen LogP contribution is -2.05. The van der Waals surface area contributed by atoms with Crippen molar-refractivity contribution in [2.24, 2.45) is 0 Å². The van der Waals surface area contributed by atoms with E-state index < -0.39 is 0 Å². The van der Waals surface area contributed by atoms with E-state index in [9.17, 15) is 9.59 Å². The molecule has 0 aromatic heterocycles. The number of carbonyl (C=O) groups excluding carboxylic acids is 2. The summed E-state index contributed by atoms with van der Waals surface area (Å²) in [6.45, 7) is 9.52. The van der Waals surface area contributed by atoms with Gasteiger partial charge in [0.1, 0.15) is 0 Å². The third-order valence-electron chi connectivity index (χ3n) is 4.96. The van der Waals surface area contributed by atoms with Crippen molar-refractivity contribution in [3.63, 3.8) is 0 Å². The van der Waals surface area contributed by atoms with E-state index in [1.165, 1.54) is 11.1 Å². The van der Waals surface area contributed by atoms with Gasteiger partial charge in [-0.15, -0.1) is 0 Å². The van der Waals surface area contributed by atoms with Crippen LogP contribution in [0.1, 0.15) is 102 Å². The van der Waals surface area contributed by atoms with E-state index in [0.717, 1.165) is 64.2 Å². The fourth-order valence-electron chi connectivity index (χ4n) is 2.71. The molecule has 0 heterocycles. The second kappa shape index (κ2) is 20.4. The summed E-state index contributed by atoms with van der Waals surface area (Å²) in [6, 6.07) is 8.36. The first kappa shape index (κ1) is 28.2. The highest BCUT2D eigenvalue weighted by Crippen LogP contribution is 2.10. The quantitative estimate of drug-likeness (QED) is 0.224. The molecule has 4 nitrogen and oxygen atoms in total. The molecule has 0 spiro atoms. The molecule has 4 heteroatoms. The summed E-state index contributed by atoms with van der Waals surface area (Å²) in [4.78, 5) is 22.7. The molecule has 1 aromatic carbocycles. The topological polar surface area (TPSA) is 52.6 Å². The van der Waals surface area contributed by atoms with Crippen molar-refractivity contribution < 1.29 is 19.1 Å². The minimum absolute atomic E-state index is 0.0664. The van der Waals surface area contributed by atoms with Gasteiger partial charge in [0.25, 0.3) is 0 Å². The maximum absolute atomic E-state index is 11.4. The predicted octanol–water partition coefficient (Wildman–Crippen LogP) is 7.10. The molecule has 30 heavy (non-hydrogen) atoms. The van der Waals surface area contributed by atoms with Gasteiger partial charge in [-0.3, -0.25) is 9.59 Å². The zero-order valence-electron chi connectivity index (χ0n) is 19.8. The summed E-state index contributed by atoms with van der Waals surface area (Å²) >= 11 is 0. The normalized spacial score (nSPS) is 10.1. The Balaban J connectivity index is 0.000000867. The van der Waals surface area contributed by atoms with Gasteiger partial charge >= 0.3 is 11.9 Å². The second-order valence-corrected chi connectivity index (χ2v) is 7.85. The van der Waals surface area contributed by atoms with Crippen LogP contribution in [0.25, 0.3) is 0 Å². The zero-order valence-corrected chi connectivity index (χ0v) is 19.8. The number of hydrogen-bond donors (Lipinski definition) is 0. The summed E-state index contributed by atoms with van der Waals surface area (Å²) in [5.74, 6) is -0.133. The van der Waals surface area contributed by atoms with Gasteiger partial charge in [-0.2, -0.15) is 0 Å². The summed E-state index contributed by atoms with van der Waals surface area (Å²) in [5, 5.41) is 0. The molecule has 0 bridgehead atoms. The highest BCUT2D eigenvalue weighted by molar-refractivity contribution is 5.69. The standard InChI is InChI=1S/C18H34O4.C8H10/c1-3-5-15-21-17(19)13-11-9-7-8-10-12-14-18(20)22-16-6-4-2;1-7-5-3-4-6-8(7)2/h3-16H2,1-2H3;3-6H,1-2H3. The molecule has 0 saturated heterocycles. The van der Waals surface area contributed by atoms with Crippen LogP contribution >= 0.6 is 0 Å². The Morgan fingerprint density at radius 2 is 1.00 bits per heavy atom. The lowest BCUT2D eigenvalue weighted by molar-refractivity contribution is -0.144. The first-order chi connectivity index (χ1) is 14.5. The molecule has 0 aliphatic heterocycles. The largest absolute Gasteiger partial charge is 0.466 e. The van der Waals surface area contributed by atoms with E-state index in [0.29, 0.717) is 26.1 Å². The maximum atomic E-state index is 11.4. The van der Waals surface area contributed by atoms with Gasteiger partial charge in [-0.25, -0.2) is 0 Å². The van der Waals surface area contributed by atoms with Crippen molar-refractivity contribution in [3.8, 4) is 0 Å².